The lowest BCUT2D eigenvalue weighted by molar-refractivity contribution is 0.281. The molecular weight excluding hydrogens is 241 g/mol. The van der Waals surface area contributed by atoms with Crippen molar-refractivity contribution in [2.75, 3.05) is 11.4 Å². The molecule has 2 aromatic carbocycles. The van der Waals surface area contributed by atoms with Gasteiger partial charge in [0.15, 0.2) is 0 Å². The Kier molecular flexibility index (Phi) is 4.53. The van der Waals surface area contributed by atoms with Crippen molar-refractivity contribution in [1.29, 1.82) is 0 Å². The molecule has 19 heavy (non-hydrogen) atoms. The molecular formula is C16H18FNO. The topological polar surface area (TPSA) is 23.5 Å². The second-order valence-electron chi connectivity index (χ2n) is 4.48. The van der Waals surface area contributed by atoms with E-state index in [4.69, 9.17) is 5.11 Å². The van der Waals surface area contributed by atoms with Gasteiger partial charge in [-0.3, -0.25) is 0 Å². The largest absolute Gasteiger partial charge is 0.392 e. The number of aliphatic hydroxyl groups is 1. The van der Waals surface area contributed by atoms with E-state index < -0.39 is 0 Å². The van der Waals surface area contributed by atoms with Crippen LogP contribution in [0.1, 0.15) is 18.1 Å². The van der Waals surface area contributed by atoms with E-state index in [1.807, 2.05) is 31.2 Å². The minimum atomic E-state index is -0.312. The lowest BCUT2D eigenvalue weighted by Crippen LogP contribution is -2.22. The molecule has 0 aliphatic heterocycles. The van der Waals surface area contributed by atoms with Crippen molar-refractivity contribution in [3.63, 3.8) is 0 Å². The van der Waals surface area contributed by atoms with E-state index in [2.05, 4.69) is 17.0 Å². The summed E-state index contributed by atoms with van der Waals surface area (Å²) in [4.78, 5) is 2.08. The third-order valence-corrected chi connectivity index (χ3v) is 3.09. The average Bonchev–Trinajstić information content (AvgIpc) is 2.45. The van der Waals surface area contributed by atoms with Gasteiger partial charge in [-0.05, 0) is 36.2 Å². The second-order valence-corrected chi connectivity index (χ2v) is 4.48. The van der Waals surface area contributed by atoms with Crippen LogP contribution >= 0.6 is 0 Å². The minimum Gasteiger partial charge on any atom is -0.392 e. The van der Waals surface area contributed by atoms with Crippen molar-refractivity contribution >= 4 is 5.69 Å². The highest BCUT2D eigenvalue weighted by Crippen LogP contribution is 2.20. The SMILES string of the molecule is CCN(Cc1ccccc1)c1cc(F)cc(CO)c1. The van der Waals surface area contributed by atoms with E-state index in [9.17, 15) is 4.39 Å². The fourth-order valence-electron chi connectivity index (χ4n) is 2.10. The molecule has 0 aromatic heterocycles. The number of hydrogen-bond donors (Lipinski definition) is 1. The molecule has 0 saturated carbocycles. The van der Waals surface area contributed by atoms with Crippen LogP contribution < -0.4 is 4.90 Å². The van der Waals surface area contributed by atoms with Crippen LogP contribution in [0.25, 0.3) is 0 Å². The monoisotopic (exact) mass is 259 g/mol. The first-order valence-electron chi connectivity index (χ1n) is 6.42. The molecule has 100 valence electrons. The van der Waals surface area contributed by atoms with Crippen molar-refractivity contribution < 1.29 is 9.50 Å². The zero-order chi connectivity index (χ0) is 13.7. The molecule has 0 radical (unpaired) electrons. The lowest BCUT2D eigenvalue weighted by Gasteiger charge is -2.24. The third-order valence-electron chi connectivity index (χ3n) is 3.09. The molecule has 0 unspecified atom stereocenters. The Hall–Kier alpha value is -1.87. The number of nitrogens with zero attached hydrogens (tertiary/aromatic N) is 1. The van der Waals surface area contributed by atoms with Gasteiger partial charge in [-0.25, -0.2) is 4.39 Å². The molecule has 0 spiro atoms. The van der Waals surface area contributed by atoms with Gasteiger partial charge in [0.1, 0.15) is 5.82 Å². The first kappa shape index (κ1) is 13.6. The molecule has 3 heteroatoms. The van der Waals surface area contributed by atoms with Crippen LogP contribution in [0.4, 0.5) is 10.1 Å². The summed E-state index contributed by atoms with van der Waals surface area (Å²) in [7, 11) is 0. The molecule has 2 rings (SSSR count). The van der Waals surface area contributed by atoms with Crippen molar-refractivity contribution in [3.8, 4) is 0 Å². The zero-order valence-electron chi connectivity index (χ0n) is 11.0. The first-order chi connectivity index (χ1) is 9.22. The summed E-state index contributed by atoms with van der Waals surface area (Å²) in [5.74, 6) is -0.312. The predicted molar refractivity (Wildman–Crippen MR) is 75.5 cm³/mol. The zero-order valence-corrected chi connectivity index (χ0v) is 11.0. The summed E-state index contributed by atoms with van der Waals surface area (Å²) in [6.07, 6.45) is 0. The summed E-state index contributed by atoms with van der Waals surface area (Å²) in [6.45, 7) is 3.40. The van der Waals surface area contributed by atoms with E-state index in [-0.39, 0.29) is 12.4 Å². The Morgan fingerprint density at radius 2 is 1.79 bits per heavy atom. The van der Waals surface area contributed by atoms with Crippen LogP contribution in [-0.2, 0) is 13.2 Å². The van der Waals surface area contributed by atoms with Crippen molar-refractivity contribution in [2.45, 2.75) is 20.1 Å². The quantitative estimate of drug-likeness (QED) is 0.890. The molecule has 0 aliphatic carbocycles. The third kappa shape index (κ3) is 3.55. The standard InChI is InChI=1S/C16H18FNO/c1-2-18(11-13-6-4-3-5-7-13)16-9-14(12-19)8-15(17)10-16/h3-10,19H,2,11-12H2,1H3. The maximum absolute atomic E-state index is 13.5. The summed E-state index contributed by atoms with van der Waals surface area (Å²) >= 11 is 0. The van der Waals surface area contributed by atoms with Crippen LogP contribution in [-0.4, -0.2) is 11.7 Å². The van der Waals surface area contributed by atoms with Gasteiger partial charge in [0.25, 0.3) is 0 Å². The van der Waals surface area contributed by atoms with Gasteiger partial charge in [-0.1, -0.05) is 30.3 Å². The number of rotatable bonds is 5. The summed E-state index contributed by atoms with van der Waals surface area (Å²) in [5.41, 5.74) is 2.58. The van der Waals surface area contributed by atoms with Gasteiger partial charge in [0.2, 0.25) is 0 Å². The molecule has 1 N–H and O–H groups in total. The molecule has 2 aromatic rings. The second kappa shape index (κ2) is 6.34. The van der Waals surface area contributed by atoms with E-state index in [0.29, 0.717) is 5.56 Å². The molecule has 0 heterocycles. The fraction of sp³-hybridized carbons (Fsp3) is 0.250. The number of hydrogen-bond acceptors (Lipinski definition) is 2. The Morgan fingerprint density at radius 3 is 2.42 bits per heavy atom. The first-order valence-corrected chi connectivity index (χ1v) is 6.42. The van der Waals surface area contributed by atoms with Crippen molar-refractivity contribution in [2.24, 2.45) is 0 Å². The van der Waals surface area contributed by atoms with Crippen LogP contribution in [0.15, 0.2) is 48.5 Å². The van der Waals surface area contributed by atoms with Crippen molar-refractivity contribution in [3.05, 3.63) is 65.5 Å². The van der Waals surface area contributed by atoms with E-state index in [1.165, 1.54) is 17.7 Å². The molecule has 0 amide bonds. The lowest BCUT2D eigenvalue weighted by atomic mass is 10.1. The number of aliphatic hydroxyl groups excluding tert-OH is 1. The van der Waals surface area contributed by atoms with Crippen LogP contribution in [0.2, 0.25) is 0 Å². The fourth-order valence-corrected chi connectivity index (χ4v) is 2.10. The Labute approximate surface area is 113 Å². The summed E-state index contributed by atoms with van der Waals surface area (Å²) in [5, 5.41) is 9.15. The molecule has 0 fully saturated rings. The minimum absolute atomic E-state index is 0.145. The van der Waals surface area contributed by atoms with E-state index in [0.717, 1.165) is 18.8 Å². The van der Waals surface area contributed by atoms with Crippen LogP contribution in [0.3, 0.4) is 0 Å². The Morgan fingerprint density at radius 1 is 1.05 bits per heavy atom. The highest BCUT2D eigenvalue weighted by molar-refractivity contribution is 5.49. The number of benzene rings is 2. The van der Waals surface area contributed by atoms with Gasteiger partial charge >= 0.3 is 0 Å². The smallest absolute Gasteiger partial charge is 0.125 e. The molecule has 2 nitrogen and oxygen atoms in total. The molecule has 0 saturated heterocycles. The summed E-state index contributed by atoms with van der Waals surface area (Å²) in [6, 6.07) is 14.8. The summed E-state index contributed by atoms with van der Waals surface area (Å²) < 4.78 is 13.5. The highest BCUT2D eigenvalue weighted by atomic mass is 19.1. The Balaban J connectivity index is 2.24. The highest BCUT2D eigenvalue weighted by Gasteiger charge is 2.08. The van der Waals surface area contributed by atoms with Crippen LogP contribution in [0.5, 0.6) is 0 Å². The van der Waals surface area contributed by atoms with Gasteiger partial charge in [0, 0.05) is 18.8 Å². The number of halogens is 1. The molecule has 0 aliphatic rings. The van der Waals surface area contributed by atoms with Crippen LogP contribution in [0, 0.1) is 5.82 Å². The average molecular weight is 259 g/mol. The maximum Gasteiger partial charge on any atom is 0.125 e. The van der Waals surface area contributed by atoms with E-state index in [1.54, 1.807) is 0 Å². The molecule has 0 atom stereocenters. The van der Waals surface area contributed by atoms with E-state index >= 15 is 0 Å². The van der Waals surface area contributed by atoms with Gasteiger partial charge in [-0.2, -0.15) is 0 Å². The van der Waals surface area contributed by atoms with Gasteiger partial charge < -0.3 is 10.0 Å². The predicted octanol–water partition coefficient (Wildman–Crippen LogP) is 3.34. The maximum atomic E-state index is 13.5. The Bertz CT molecular complexity index is 528. The normalized spacial score (nSPS) is 10.5. The molecule has 0 bridgehead atoms. The van der Waals surface area contributed by atoms with Crippen molar-refractivity contribution in [1.82, 2.24) is 0 Å². The van der Waals surface area contributed by atoms with Gasteiger partial charge in [0.05, 0.1) is 6.61 Å². The van der Waals surface area contributed by atoms with Gasteiger partial charge in [-0.15, -0.1) is 0 Å². The number of anilines is 1.